The highest BCUT2D eigenvalue weighted by Gasteiger charge is 2.37. The Hall–Kier alpha value is -2.86. The molecule has 0 atom stereocenters. The Morgan fingerprint density at radius 2 is 1.70 bits per heavy atom. The van der Waals surface area contributed by atoms with Crippen molar-refractivity contribution in [1.82, 2.24) is 4.90 Å². The second-order valence-corrected chi connectivity index (χ2v) is 6.51. The number of thiocarbonyl (C=S) groups is 1. The van der Waals surface area contributed by atoms with Crippen molar-refractivity contribution in [2.45, 2.75) is 13.8 Å². The van der Waals surface area contributed by atoms with Gasteiger partial charge in [0.2, 0.25) is 0 Å². The van der Waals surface area contributed by atoms with E-state index in [4.69, 9.17) is 21.7 Å². The summed E-state index contributed by atoms with van der Waals surface area (Å²) in [6.45, 7) is 4.45. The van der Waals surface area contributed by atoms with Gasteiger partial charge >= 0.3 is 0 Å². The van der Waals surface area contributed by atoms with Gasteiger partial charge in [0, 0.05) is 12.2 Å². The maximum absolute atomic E-state index is 13.0. The third kappa shape index (κ3) is 3.53. The van der Waals surface area contributed by atoms with Gasteiger partial charge in [-0.25, -0.2) is 0 Å². The van der Waals surface area contributed by atoms with Crippen LogP contribution in [0.1, 0.15) is 18.1 Å². The van der Waals surface area contributed by atoms with E-state index in [9.17, 15) is 4.79 Å². The zero-order chi connectivity index (χ0) is 19.6. The van der Waals surface area contributed by atoms with Crippen molar-refractivity contribution in [3.8, 4) is 11.5 Å². The summed E-state index contributed by atoms with van der Waals surface area (Å²) in [5, 5.41) is 0.484. The van der Waals surface area contributed by atoms with Gasteiger partial charge in [-0.15, -0.1) is 0 Å². The van der Waals surface area contributed by atoms with Gasteiger partial charge in [-0.05, 0) is 62.0 Å². The predicted molar refractivity (Wildman–Crippen MR) is 111 cm³/mol. The first-order valence-corrected chi connectivity index (χ1v) is 9.07. The summed E-state index contributed by atoms with van der Waals surface area (Å²) in [5.41, 5.74) is 3.35. The highest BCUT2D eigenvalue weighted by atomic mass is 32.1. The van der Waals surface area contributed by atoms with Crippen LogP contribution in [0.4, 0.5) is 5.69 Å². The average molecular weight is 382 g/mol. The molecule has 0 bridgehead atoms. The fourth-order valence-corrected chi connectivity index (χ4v) is 3.41. The minimum Gasteiger partial charge on any atom is -0.493 e. The lowest BCUT2D eigenvalue weighted by Gasteiger charge is -2.20. The summed E-state index contributed by atoms with van der Waals surface area (Å²) in [6, 6.07) is 13.5. The van der Waals surface area contributed by atoms with E-state index in [1.165, 1.54) is 0 Å². The second kappa shape index (κ2) is 7.80. The summed E-state index contributed by atoms with van der Waals surface area (Å²) in [7, 11) is 3.18. The molecule has 2 aromatic carbocycles. The van der Waals surface area contributed by atoms with E-state index >= 15 is 0 Å². The van der Waals surface area contributed by atoms with Crippen LogP contribution < -0.4 is 14.4 Å². The maximum atomic E-state index is 13.0. The van der Waals surface area contributed by atoms with Gasteiger partial charge in [0.15, 0.2) is 16.6 Å². The molecule has 5 nitrogen and oxygen atoms in total. The van der Waals surface area contributed by atoms with Crippen LogP contribution >= 0.6 is 12.2 Å². The normalized spacial score (nSPS) is 15.6. The Labute approximate surface area is 164 Å². The van der Waals surface area contributed by atoms with Gasteiger partial charge in [-0.1, -0.05) is 23.8 Å². The molecule has 6 heteroatoms. The molecular formula is C21H22N2O3S. The van der Waals surface area contributed by atoms with Crippen molar-refractivity contribution in [2.75, 3.05) is 25.7 Å². The van der Waals surface area contributed by atoms with E-state index in [-0.39, 0.29) is 5.91 Å². The van der Waals surface area contributed by atoms with Gasteiger partial charge in [0.25, 0.3) is 5.91 Å². The second-order valence-electron chi connectivity index (χ2n) is 6.15. The van der Waals surface area contributed by atoms with Gasteiger partial charge < -0.3 is 9.47 Å². The van der Waals surface area contributed by atoms with Crippen molar-refractivity contribution in [3.63, 3.8) is 0 Å². The number of likely N-dealkylation sites (N-methyl/N-ethyl adjacent to an activating group) is 1. The number of carbonyl (C=O) groups excluding carboxylic acids is 1. The van der Waals surface area contributed by atoms with Crippen molar-refractivity contribution >= 4 is 35.0 Å². The third-order valence-corrected chi connectivity index (χ3v) is 4.85. The summed E-state index contributed by atoms with van der Waals surface area (Å²) in [5.74, 6) is 1.13. The average Bonchev–Trinajstić information content (AvgIpc) is 2.91. The van der Waals surface area contributed by atoms with E-state index in [1.54, 1.807) is 19.1 Å². The molecule has 3 rings (SSSR count). The first kappa shape index (κ1) is 18.9. The quantitative estimate of drug-likeness (QED) is 0.577. The highest BCUT2D eigenvalue weighted by molar-refractivity contribution is 7.80. The topological polar surface area (TPSA) is 42.0 Å². The molecule has 1 heterocycles. The lowest BCUT2D eigenvalue weighted by Crippen LogP contribution is -2.32. The van der Waals surface area contributed by atoms with Crippen molar-refractivity contribution in [1.29, 1.82) is 0 Å². The summed E-state index contributed by atoms with van der Waals surface area (Å²) in [4.78, 5) is 16.4. The summed E-state index contributed by atoms with van der Waals surface area (Å²) in [6.07, 6.45) is 1.83. The predicted octanol–water partition coefficient (Wildman–Crippen LogP) is 4.01. The standard InChI is InChI=1S/C21H22N2O3S/c1-5-22-20(24)17(12-15-8-11-18(25-3)19(13-15)26-4)23(21(22)27)16-9-6-14(2)7-10-16/h6-13H,5H2,1-4H3. The minimum absolute atomic E-state index is 0.113. The van der Waals surface area contributed by atoms with Gasteiger partial charge in [-0.3, -0.25) is 14.6 Å². The van der Waals surface area contributed by atoms with Crippen molar-refractivity contribution in [2.24, 2.45) is 0 Å². The number of rotatable bonds is 5. The molecule has 0 N–H and O–H groups in total. The number of amides is 1. The van der Waals surface area contributed by atoms with Crippen LogP contribution in [0.2, 0.25) is 0 Å². The highest BCUT2D eigenvalue weighted by Crippen LogP contribution is 2.32. The number of aryl methyl sites for hydroxylation is 1. The van der Waals surface area contributed by atoms with Crippen LogP contribution in [0, 0.1) is 6.92 Å². The number of ether oxygens (including phenoxy) is 2. The monoisotopic (exact) mass is 382 g/mol. The first-order chi connectivity index (χ1) is 13.0. The van der Waals surface area contributed by atoms with E-state index in [0.717, 1.165) is 16.8 Å². The van der Waals surface area contributed by atoms with E-state index in [1.807, 2.05) is 67.3 Å². The zero-order valence-corrected chi connectivity index (χ0v) is 16.7. The molecular weight excluding hydrogens is 360 g/mol. The molecule has 1 amide bonds. The SMILES string of the molecule is CCN1C(=O)C(=Cc2ccc(OC)c(OC)c2)N(c2ccc(C)cc2)C1=S. The number of benzene rings is 2. The largest absolute Gasteiger partial charge is 0.493 e. The van der Waals surface area contributed by atoms with Gasteiger partial charge in [0.1, 0.15) is 5.70 Å². The van der Waals surface area contributed by atoms with E-state index in [0.29, 0.717) is 28.9 Å². The smallest absolute Gasteiger partial charge is 0.277 e. The molecule has 0 spiro atoms. The number of hydrogen-bond donors (Lipinski definition) is 0. The molecule has 27 heavy (non-hydrogen) atoms. The molecule has 140 valence electrons. The molecule has 1 saturated heterocycles. The Balaban J connectivity index is 2.09. The third-order valence-electron chi connectivity index (χ3n) is 4.45. The Morgan fingerprint density at radius 1 is 1.04 bits per heavy atom. The number of hydrogen-bond acceptors (Lipinski definition) is 4. The Morgan fingerprint density at radius 3 is 2.30 bits per heavy atom. The lowest BCUT2D eigenvalue weighted by atomic mass is 10.1. The number of anilines is 1. The molecule has 0 radical (unpaired) electrons. The first-order valence-electron chi connectivity index (χ1n) is 8.66. The van der Waals surface area contributed by atoms with Crippen LogP contribution in [0.3, 0.4) is 0 Å². The zero-order valence-electron chi connectivity index (χ0n) is 15.9. The summed E-state index contributed by atoms with van der Waals surface area (Å²) >= 11 is 5.58. The van der Waals surface area contributed by atoms with Crippen molar-refractivity contribution in [3.05, 3.63) is 59.3 Å². The fourth-order valence-electron chi connectivity index (χ4n) is 2.99. The van der Waals surface area contributed by atoms with Gasteiger partial charge in [-0.2, -0.15) is 0 Å². The van der Waals surface area contributed by atoms with Crippen LogP contribution in [0.25, 0.3) is 6.08 Å². The lowest BCUT2D eigenvalue weighted by molar-refractivity contribution is -0.122. The Kier molecular flexibility index (Phi) is 5.46. The van der Waals surface area contributed by atoms with Crippen LogP contribution in [-0.4, -0.2) is 36.7 Å². The molecule has 0 aromatic heterocycles. The molecule has 1 fully saturated rings. The van der Waals surface area contributed by atoms with Crippen LogP contribution in [0.5, 0.6) is 11.5 Å². The molecule has 0 saturated carbocycles. The van der Waals surface area contributed by atoms with Gasteiger partial charge in [0.05, 0.1) is 14.2 Å². The fraction of sp³-hybridized carbons (Fsp3) is 0.238. The number of methoxy groups -OCH3 is 2. The minimum atomic E-state index is -0.113. The van der Waals surface area contributed by atoms with Crippen LogP contribution in [0.15, 0.2) is 48.2 Å². The van der Waals surface area contributed by atoms with E-state index in [2.05, 4.69) is 0 Å². The summed E-state index contributed by atoms with van der Waals surface area (Å²) < 4.78 is 10.7. The number of carbonyl (C=O) groups is 1. The van der Waals surface area contributed by atoms with Crippen LogP contribution in [-0.2, 0) is 4.79 Å². The molecule has 1 aliphatic rings. The maximum Gasteiger partial charge on any atom is 0.277 e. The number of nitrogens with zero attached hydrogens (tertiary/aromatic N) is 2. The molecule has 0 unspecified atom stereocenters. The molecule has 1 aliphatic heterocycles. The van der Waals surface area contributed by atoms with Crippen molar-refractivity contribution < 1.29 is 14.3 Å². The molecule has 0 aliphatic carbocycles. The Bertz CT molecular complexity index is 906. The molecule has 2 aromatic rings. The van der Waals surface area contributed by atoms with E-state index < -0.39 is 0 Å².